The number of amides is 1. The molecule has 0 fully saturated rings. The lowest BCUT2D eigenvalue weighted by atomic mass is 10.1. The van der Waals surface area contributed by atoms with Crippen molar-refractivity contribution in [2.45, 2.75) is 0 Å². The van der Waals surface area contributed by atoms with Gasteiger partial charge >= 0.3 is 0 Å². The van der Waals surface area contributed by atoms with Crippen LogP contribution in [-0.4, -0.2) is 16.2 Å². The van der Waals surface area contributed by atoms with E-state index in [2.05, 4.69) is 20.3 Å². The second-order valence-electron chi connectivity index (χ2n) is 4.70. The van der Waals surface area contributed by atoms with Crippen molar-refractivity contribution in [3.05, 3.63) is 72.1 Å². The Morgan fingerprint density at radius 1 is 1.04 bits per heavy atom. The maximum Gasteiger partial charge on any atom is 0.249 e. The van der Waals surface area contributed by atoms with E-state index >= 15 is 0 Å². The van der Waals surface area contributed by atoms with Gasteiger partial charge in [0.05, 0.1) is 0 Å². The topological polar surface area (TPSA) is 68.0 Å². The van der Waals surface area contributed by atoms with E-state index in [1.54, 1.807) is 6.08 Å². The molecular weight excluding hydrogens is 297 g/mol. The van der Waals surface area contributed by atoms with Crippen LogP contribution in [0.2, 0.25) is 0 Å². The molecule has 0 saturated carbocycles. The van der Waals surface area contributed by atoms with Crippen LogP contribution in [0.4, 0.5) is 10.2 Å². The van der Waals surface area contributed by atoms with E-state index in [1.807, 2.05) is 30.3 Å². The number of rotatable bonds is 4. The molecule has 1 N–H and O–H groups in total. The average Bonchev–Trinajstić information content (AvgIpc) is 3.03. The van der Waals surface area contributed by atoms with Gasteiger partial charge in [-0.15, -0.1) is 0 Å². The highest BCUT2D eigenvalue weighted by molar-refractivity contribution is 6.02. The summed E-state index contributed by atoms with van der Waals surface area (Å²) in [5, 5.41) is 9.99. The van der Waals surface area contributed by atoms with E-state index in [4.69, 9.17) is 0 Å². The fourth-order valence-electron chi connectivity index (χ4n) is 1.96. The predicted octanol–water partition coefficient (Wildman–Crippen LogP) is 3.53. The summed E-state index contributed by atoms with van der Waals surface area (Å²) in [6.45, 7) is 0. The van der Waals surface area contributed by atoms with Crippen LogP contribution in [0.3, 0.4) is 0 Å². The van der Waals surface area contributed by atoms with E-state index in [1.165, 1.54) is 30.3 Å². The van der Waals surface area contributed by atoms with Crippen LogP contribution < -0.4 is 5.32 Å². The van der Waals surface area contributed by atoms with Crippen LogP contribution in [0, 0.1) is 5.82 Å². The highest BCUT2D eigenvalue weighted by Gasteiger charge is 2.14. The van der Waals surface area contributed by atoms with E-state index in [0.29, 0.717) is 11.3 Å². The van der Waals surface area contributed by atoms with E-state index in [9.17, 15) is 9.18 Å². The molecule has 2 aromatic carbocycles. The maximum atomic E-state index is 13.0. The predicted molar refractivity (Wildman–Crippen MR) is 83.8 cm³/mol. The highest BCUT2D eigenvalue weighted by Crippen LogP contribution is 2.24. The van der Waals surface area contributed by atoms with Crippen molar-refractivity contribution in [3.8, 4) is 11.3 Å². The minimum atomic E-state index is -0.368. The Hall–Kier alpha value is -3.28. The minimum Gasteiger partial charge on any atom is -0.302 e. The summed E-state index contributed by atoms with van der Waals surface area (Å²) in [7, 11) is 0. The van der Waals surface area contributed by atoms with Crippen molar-refractivity contribution in [2.75, 3.05) is 5.32 Å². The lowest BCUT2D eigenvalue weighted by Crippen LogP contribution is -2.09. The molecule has 23 heavy (non-hydrogen) atoms. The number of carbonyl (C=O) groups is 1. The van der Waals surface area contributed by atoms with Gasteiger partial charge in [-0.05, 0) is 46.2 Å². The molecule has 3 rings (SSSR count). The molecule has 0 radical (unpaired) electrons. The number of hydrogen-bond acceptors (Lipinski definition) is 4. The van der Waals surface area contributed by atoms with E-state index < -0.39 is 0 Å². The molecule has 3 aromatic rings. The van der Waals surface area contributed by atoms with Gasteiger partial charge in [0.25, 0.3) is 0 Å². The fourth-order valence-corrected chi connectivity index (χ4v) is 1.96. The smallest absolute Gasteiger partial charge is 0.249 e. The number of nitrogens with one attached hydrogen (secondary N) is 1. The molecule has 0 bridgehead atoms. The van der Waals surface area contributed by atoms with Gasteiger partial charge in [0, 0.05) is 11.6 Å². The summed E-state index contributed by atoms with van der Waals surface area (Å²) < 4.78 is 17.6. The van der Waals surface area contributed by atoms with Crippen LogP contribution in [0.1, 0.15) is 5.56 Å². The number of benzene rings is 2. The molecule has 6 heteroatoms. The van der Waals surface area contributed by atoms with Crippen molar-refractivity contribution >= 4 is 17.8 Å². The zero-order valence-corrected chi connectivity index (χ0v) is 11.9. The standard InChI is InChI=1S/C17H12FN3O2/c18-14-9-7-13(8-10-14)16-17(21-23-20-16)19-15(22)11-6-12-4-2-1-3-5-12/h1-11H,(H,19,21,22)/b11-6+. The largest absolute Gasteiger partial charge is 0.302 e. The van der Waals surface area contributed by atoms with Crippen LogP contribution in [-0.2, 0) is 4.79 Å². The Kier molecular flexibility index (Phi) is 4.24. The van der Waals surface area contributed by atoms with Crippen LogP contribution in [0.25, 0.3) is 17.3 Å². The molecule has 0 aliphatic carbocycles. The second kappa shape index (κ2) is 6.65. The minimum absolute atomic E-state index is 0.180. The van der Waals surface area contributed by atoms with Crippen LogP contribution in [0.15, 0.2) is 65.3 Å². The first-order chi connectivity index (χ1) is 11.2. The van der Waals surface area contributed by atoms with Gasteiger partial charge in [-0.3, -0.25) is 4.79 Å². The molecule has 0 aliphatic rings. The average molecular weight is 309 g/mol. The first kappa shape index (κ1) is 14.6. The van der Waals surface area contributed by atoms with Crippen molar-refractivity contribution < 1.29 is 13.8 Å². The highest BCUT2D eigenvalue weighted by atomic mass is 19.1. The van der Waals surface area contributed by atoms with Crippen molar-refractivity contribution in [1.29, 1.82) is 0 Å². The fraction of sp³-hybridized carbons (Fsp3) is 0. The molecule has 0 saturated heterocycles. The summed E-state index contributed by atoms with van der Waals surface area (Å²) in [5.41, 5.74) is 1.83. The van der Waals surface area contributed by atoms with E-state index in [-0.39, 0.29) is 17.5 Å². The van der Waals surface area contributed by atoms with Gasteiger partial charge < -0.3 is 5.32 Å². The zero-order chi connectivity index (χ0) is 16.1. The summed E-state index contributed by atoms with van der Waals surface area (Å²) in [6, 6.07) is 15.1. The molecule has 1 aromatic heterocycles. The SMILES string of the molecule is O=C(/C=C/c1ccccc1)Nc1nonc1-c1ccc(F)cc1. The van der Waals surface area contributed by atoms with Gasteiger partial charge in [-0.25, -0.2) is 9.02 Å². The zero-order valence-electron chi connectivity index (χ0n) is 11.9. The molecule has 0 atom stereocenters. The van der Waals surface area contributed by atoms with Gasteiger partial charge in [-0.2, -0.15) is 0 Å². The molecule has 0 spiro atoms. The molecule has 1 amide bonds. The summed E-state index contributed by atoms with van der Waals surface area (Å²) >= 11 is 0. The summed E-state index contributed by atoms with van der Waals surface area (Å²) in [6.07, 6.45) is 3.07. The lowest BCUT2D eigenvalue weighted by molar-refractivity contribution is -0.111. The van der Waals surface area contributed by atoms with Crippen molar-refractivity contribution in [1.82, 2.24) is 10.3 Å². The first-order valence-corrected chi connectivity index (χ1v) is 6.85. The van der Waals surface area contributed by atoms with Gasteiger partial charge in [0.15, 0.2) is 5.69 Å². The van der Waals surface area contributed by atoms with Gasteiger partial charge in [-0.1, -0.05) is 30.3 Å². The van der Waals surface area contributed by atoms with Crippen molar-refractivity contribution in [2.24, 2.45) is 0 Å². The third-order valence-electron chi connectivity index (χ3n) is 3.07. The second-order valence-corrected chi connectivity index (χ2v) is 4.70. The number of hydrogen-bond donors (Lipinski definition) is 1. The molecular formula is C17H12FN3O2. The van der Waals surface area contributed by atoms with Gasteiger partial charge in [0.1, 0.15) is 5.82 Å². The Balaban J connectivity index is 1.74. The Morgan fingerprint density at radius 2 is 1.78 bits per heavy atom. The Bertz CT molecular complexity index is 827. The lowest BCUT2D eigenvalue weighted by Gasteiger charge is -2.00. The number of anilines is 1. The third kappa shape index (κ3) is 3.68. The van der Waals surface area contributed by atoms with Crippen LogP contribution in [0.5, 0.6) is 0 Å². The molecule has 114 valence electrons. The summed E-state index contributed by atoms with van der Waals surface area (Å²) in [4.78, 5) is 12.0. The monoisotopic (exact) mass is 309 g/mol. The Morgan fingerprint density at radius 3 is 2.52 bits per heavy atom. The number of aromatic nitrogens is 2. The molecule has 0 unspecified atom stereocenters. The van der Waals surface area contributed by atoms with Crippen molar-refractivity contribution in [3.63, 3.8) is 0 Å². The van der Waals surface area contributed by atoms with Crippen LogP contribution >= 0.6 is 0 Å². The Labute approximate surface area is 131 Å². The number of halogens is 1. The molecule has 5 nitrogen and oxygen atoms in total. The molecule has 0 aliphatic heterocycles. The molecule has 1 heterocycles. The number of nitrogens with zero attached hydrogens (tertiary/aromatic N) is 2. The number of carbonyl (C=O) groups excluding carboxylic acids is 1. The normalized spacial score (nSPS) is 10.8. The van der Waals surface area contributed by atoms with Gasteiger partial charge in [0.2, 0.25) is 11.7 Å². The maximum absolute atomic E-state index is 13.0. The summed E-state index contributed by atoms with van der Waals surface area (Å²) in [5.74, 6) is -0.547. The third-order valence-corrected chi connectivity index (χ3v) is 3.07. The first-order valence-electron chi connectivity index (χ1n) is 6.85. The van der Waals surface area contributed by atoms with E-state index in [0.717, 1.165) is 5.56 Å². The quantitative estimate of drug-likeness (QED) is 0.749.